The Bertz CT molecular complexity index is 783. The summed E-state index contributed by atoms with van der Waals surface area (Å²) < 4.78 is 13.3. The van der Waals surface area contributed by atoms with Gasteiger partial charge >= 0.3 is 0 Å². The van der Waals surface area contributed by atoms with Crippen molar-refractivity contribution in [2.75, 3.05) is 0 Å². The number of rotatable bonds is 1. The molecule has 20 heavy (non-hydrogen) atoms. The Labute approximate surface area is 116 Å². The Hall–Kier alpha value is -3.09. The lowest BCUT2D eigenvalue weighted by atomic mass is 10.1. The van der Waals surface area contributed by atoms with Gasteiger partial charge in [-0.3, -0.25) is 0 Å². The second-order valence-corrected chi connectivity index (χ2v) is 4.13. The van der Waals surface area contributed by atoms with Crippen LogP contribution in [0.4, 0.5) is 4.39 Å². The van der Waals surface area contributed by atoms with E-state index in [-0.39, 0.29) is 5.56 Å². The first-order valence-electron chi connectivity index (χ1n) is 5.90. The molecular weight excluding hydrogens is 251 g/mol. The predicted octanol–water partition coefficient (Wildman–Crippen LogP) is 3.16. The van der Waals surface area contributed by atoms with E-state index in [1.807, 2.05) is 30.3 Å². The second kappa shape index (κ2) is 6.19. The summed E-state index contributed by atoms with van der Waals surface area (Å²) >= 11 is 0. The highest BCUT2D eigenvalue weighted by Gasteiger charge is 1.98. The van der Waals surface area contributed by atoms with Crippen LogP contribution < -0.4 is 0 Å². The molecule has 0 N–H and O–H groups in total. The van der Waals surface area contributed by atoms with Crippen molar-refractivity contribution in [3.63, 3.8) is 0 Å². The van der Waals surface area contributed by atoms with Gasteiger partial charge in [0.1, 0.15) is 5.82 Å². The molecule has 2 aromatic carbocycles. The summed E-state index contributed by atoms with van der Waals surface area (Å²) in [5.41, 5.74) is 2.33. The molecule has 2 rings (SSSR count). The minimum absolute atomic E-state index is 0.243. The monoisotopic (exact) mass is 260 g/mol. The maximum atomic E-state index is 13.3. The fourth-order valence-electron chi connectivity index (χ4n) is 1.72. The maximum Gasteiger partial charge on any atom is 0.125 e. The quantitative estimate of drug-likeness (QED) is 0.739. The highest BCUT2D eigenvalue weighted by Crippen LogP contribution is 2.08. The maximum absolute atomic E-state index is 13.3. The van der Waals surface area contributed by atoms with Crippen LogP contribution in [-0.2, 0) is 6.42 Å². The Morgan fingerprint density at radius 3 is 2.40 bits per heavy atom. The van der Waals surface area contributed by atoms with Gasteiger partial charge < -0.3 is 0 Å². The highest BCUT2D eigenvalue weighted by molar-refractivity contribution is 5.47. The lowest BCUT2D eigenvalue weighted by molar-refractivity contribution is 0.627. The molecule has 0 atom stereocenters. The smallest absolute Gasteiger partial charge is 0.125 e. The summed E-state index contributed by atoms with van der Waals surface area (Å²) in [6.45, 7) is 0. The van der Waals surface area contributed by atoms with Gasteiger partial charge in [-0.1, -0.05) is 24.0 Å². The summed E-state index contributed by atoms with van der Waals surface area (Å²) in [7, 11) is 0. The highest BCUT2D eigenvalue weighted by atomic mass is 19.1. The molecule has 94 valence electrons. The van der Waals surface area contributed by atoms with Gasteiger partial charge in [-0.2, -0.15) is 10.5 Å². The molecule has 0 heterocycles. The lowest BCUT2D eigenvalue weighted by Crippen LogP contribution is -1.85. The van der Waals surface area contributed by atoms with Crippen molar-refractivity contribution >= 4 is 0 Å². The van der Waals surface area contributed by atoms with E-state index in [1.165, 1.54) is 18.2 Å². The van der Waals surface area contributed by atoms with Gasteiger partial charge in [0.2, 0.25) is 0 Å². The van der Waals surface area contributed by atoms with Crippen LogP contribution in [0.25, 0.3) is 0 Å². The average molecular weight is 260 g/mol. The first-order chi connectivity index (χ1) is 9.71. The number of hydrogen-bond donors (Lipinski definition) is 0. The van der Waals surface area contributed by atoms with Crippen LogP contribution in [0.1, 0.15) is 22.3 Å². The van der Waals surface area contributed by atoms with Gasteiger partial charge in [-0.15, -0.1) is 0 Å². The van der Waals surface area contributed by atoms with Crippen LogP contribution in [0.2, 0.25) is 0 Å². The largest absolute Gasteiger partial charge is 0.207 e. The third-order valence-corrected chi connectivity index (χ3v) is 2.59. The molecule has 0 aliphatic carbocycles. The van der Waals surface area contributed by atoms with E-state index < -0.39 is 5.82 Å². The molecule has 2 aromatic rings. The summed E-state index contributed by atoms with van der Waals surface area (Å²) in [5.74, 6) is 5.24. The van der Waals surface area contributed by atoms with Crippen LogP contribution in [-0.4, -0.2) is 0 Å². The standard InChI is InChI=1S/C17H9FN2/c18-17-10-15(9-16(11-17)12-20)5-4-13-2-1-3-14(8-13)6-7-19/h1-3,8-11H,6H2. The summed E-state index contributed by atoms with van der Waals surface area (Å²) in [6, 6.07) is 15.3. The van der Waals surface area contributed by atoms with Crippen molar-refractivity contribution in [3.05, 3.63) is 70.5 Å². The lowest BCUT2D eigenvalue weighted by Gasteiger charge is -1.96. The summed E-state index contributed by atoms with van der Waals surface area (Å²) in [6.07, 6.45) is 0.327. The Balaban J connectivity index is 2.32. The number of nitrogens with zero attached hydrogens (tertiary/aromatic N) is 2. The van der Waals surface area contributed by atoms with E-state index >= 15 is 0 Å². The molecule has 0 radical (unpaired) electrons. The van der Waals surface area contributed by atoms with Crippen LogP contribution >= 0.6 is 0 Å². The molecule has 0 aromatic heterocycles. The molecule has 0 saturated heterocycles. The van der Waals surface area contributed by atoms with E-state index in [9.17, 15) is 4.39 Å². The Morgan fingerprint density at radius 1 is 0.900 bits per heavy atom. The molecule has 3 heteroatoms. The molecule has 0 aliphatic rings. The van der Waals surface area contributed by atoms with Crippen molar-refractivity contribution in [1.29, 1.82) is 10.5 Å². The van der Waals surface area contributed by atoms with E-state index in [2.05, 4.69) is 17.9 Å². The predicted molar refractivity (Wildman–Crippen MR) is 72.9 cm³/mol. The Morgan fingerprint density at radius 2 is 1.65 bits per heavy atom. The van der Waals surface area contributed by atoms with Crippen molar-refractivity contribution in [1.82, 2.24) is 0 Å². The summed E-state index contributed by atoms with van der Waals surface area (Å²) in [4.78, 5) is 0. The molecule has 0 unspecified atom stereocenters. The van der Waals surface area contributed by atoms with Gasteiger partial charge in [0, 0.05) is 11.1 Å². The molecule has 2 nitrogen and oxygen atoms in total. The van der Waals surface area contributed by atoms with Crippen molar-refractivity contribution < 1.29 is 4.39 Å². The third kappa shape index (κ3) is 3.45. The third-order valence-electron chi connectivity index (χ3n) is 2.59. The van der Waals surface area contributed by atoms with Gasteiger partial charge in [-0.25, -0.2) is 4.39 Å². The number of hydrogen-bond acceptors (Lipinski definition) is 2. The zero-order valence-electron chi connectivity index (χ0n) is 10.5. The number of benzene rings is 2. The van der Waals surface area contributed by atoms with Gasteiger partial charge in [0.05, 0.1) is 24.1 Å². The van der Waals surface area contributed by atoms with Crippen LogP contribution in [0.3, 0.4) is 0 Å². The SMILES string of the molecule is N#CCc1cccc(C#Cc2cc(F)cc(C#N)c2)c1. The van der Waals surface area contributed by atoms with Crippen molar-refractivity contribution in [2.24, 2.45) is 0 Å². The van der Waals surface area contributed by atoms with E-state index in [0.717, 1.165) is 11.1 Å². The fourth-order valence-corrected chi connectivity index (χ4v) is 1.72. The minimum Gasteiger partial charge on any atom is -0.207 e. The zero-order chi connectivity index (χ0) is 14.4. The topological polar surface area (TPSA) is 47.6 Å². The molecule has 0 fully saturated rings. The molecule has 0 amide bonds. The van der Waals surface area contributed by atoms with E-state index in [4.69, 9.17) is 10.5 Å². The summed E-state index contributed by atoms with van der Waals surface area (Å²) in [5, 5.41) is 17.4. The average Bonchev–Trinajstić information content (AvgIpc) is 2.45. The molecule has 0 saturated carbocycles. The first kappa shape index (κ1) is 13.3. The normalized spacial score (nSPS) is 8.95. The first-order valence-corrected chi connectivity index (χ1v) is 5.90. The fraction of sp³-hybridized carbons (Fsp3) is 0.0588. The zero-order valence-corrected chi connectivity index (χ0v) is 10.5. The Kier molecular flexibility index (Phi) is 4.13. The van der Waals surface area contributed by atoms with Gasteiger partial charge in [-0.05, 0) is 35.9 Å². The van der Waals surface area contributed by atoms with Crippen LogP contribution in [0.5, 0.6) is 0 Å². The van der Waals surface area contributed by atoms with Crippen molar-refractivity contribution in [2.45, 2.75) is 6.42 Å². The molecular formula is C17H9FN2. The second-order valence-electron chi connectivity index (χ2n) is 4.13. The van der Waals surface area contributed by atoms with Gasteiger partial charge in [0.25, 0.3) is 0 Å². The molecule has 0 spiro atoms. The van der Waals surface area contributed by atoms with Gasteiger partial charge in [0.15, 0.2) is 0 Å². The molecule has 0 bridgehead atoms. The number of halogens is 1. The van der Waals surface area contributed by atoms with E-state index in [1.54, 1.807) is 0 Å². The minimum atomic E-state index is -0.480. The van der Waals surface area contributed by atoms with Crippen molar-refractivity contribution in [3.8, 4) is 24.0 Å². The molecule has 0 aliphatic heterocycles. The van der Waals surface area contributed by atoms with Crippen LogP contribution in [0, 0.1) is 40.3 Å². The van der Waals surface area contributed by atoms with E-state index in [0.29, 0.717) is 12.0 Å². The number of nitriles is 2. The van der Waals surface area contributed by atoms with Crippen LogP contribution in [0.15, 0.2) is 42.5 Å².